The van der Waals surface area contributed by atoms with E-state index in [9.17, 15) is 0 Å². The van der Waals surface area contributed by atoms with Crippen molar-refractivity contribution in [3.8, 4) is 0 Å². The molecule has 1 rings (SSSR count). The second-order valence-electron chi connectivity index (χ2n) is 2.18. The van der Waals surface area contributed by atoms with Gasteiger partial charge in [-0.25, -0.2) is 0 Å². The van der Waals surface area contributed by atoms with Crippen LogP contribution in [0.1, 0.15) is 0 Å². The van der Waals surface area contributed by atoms with Crippen molar-refractivity contribution in [1.29, 1.82) is 0 Å². The van der Waals surface area contributed by atoms with E-state index in [1.54, 1.807) is 0 Å². The van der Waals surface area contributed by atoms with E-state index >= 15 is 0 Å². The summed E-state index contributed by atoms with van der Waals surface area (Å²) >= 11 is 0. The Kier molecular flexibility index (Phi) is 5.65. The van der Waals surface area contributed by atoms with E-state index in [0.717, 1.165) is 6.26 Å². The standard InChI is InChI=1S/C5H10O4.C2H4O/c1-8-5-4(7)3(6)2-9-5;1-2-3/h3-7H,2H2,1H3;2-3H,1H2. The van der Waals surface area contributed by atoms with Gasteiger partial charge >= 0.3 is 0 Å². The van der Waals surface area contributed by atoms with Gasteiger partial charge in [-0.1, -0.05) is 6.58 Å². The predicted molar refractivity (Wildman–Crippen MR) is 41.6 cm³/mol. The van der Waals surface area contributed by atoms with Crippen molar-refractivity contribution in [2.75, 3.05) is 13.7 Å². The molecule has 0 aromatic heterocycles. The number of ether oxygens (including phenoxy) is 2. The van der Waals surface area contributed by atoms with Crippen molar-refractivity contribution in [2.45, 2.75) is 18.5 Å². The zero-order valence-electron chi connectivity index (χ0n) is 6.88. The van der Waals surface area contributed by atoms with Gasteiger partial charge in [-0.15, -0.1) is 0 Å². The highest BCUT2D eigenvalue weighted by Crippen LogP contribution is 2.13. The third kappa shape index (κ3) is 3.19. The molecule has 0 bridgehead atoms. The van der Waals surface area contributed by atoms with Crippen molar-refractivity contribution in [3.05, 3.63) is 12.8 Å². The Morgan fingerprint density at radius 1 is 1.58 bits per heavy atom. The predicted octanol–water partition coefficient (Wildman–Crippen LogP) is -0.601. The highest BCUT2D eigenvalue weighted by atomic mass is 16.7. The van der Waals surface area contributed by atoms with Gasteiger partial charge < -0.3 is 24.8 Å². The summed E-state index contributed by atoms with van der Waals surface area (Å²) in [5.74, 6) is 0. The highest BCUT2D eigenvalue weighted by molar-refractivity contribution is 4.76. The molecule has 1 aliphatic heterocycles. The van der Waals surface area contributed by atoms with Crippen LogP contribution in [-0.2, 0) is 9.47 Å². The van der Waals surface area contributed by atoms with Crippen LogP contribution >= 0.6 is 0 Å². The van der Waals surface area contributed by atoms with Crippen molar-refractivity contribution in [3.63, 3.8) is 0 Å². The van der Waals surface area contributed by atoms with Crippen LogP contribution in [0.15, 0.2) is 12.8 Å². The lowest BCUT2D eigenvalue weighted by Crippen LogP contribution is -2.30. The van der Waals surface area contributed by atoms with Gasteiger partial charge in [0.05, 0.1) is 12.9 Å². The molecule has 5 heteroatoms. The van der Waals surface area contributed by atoms with Crippen LogP contribution in [0.2, 0.25) is 0 Å². The van der Waals surface area contributed by atoms with Crippen LogP contribution in [0.4, 0.5) is 0 Å². The fourth-order valence-electron chi connectivity index (χ4n) is 0.779. The molecule has 72 valence electrons. The van der Waals surface area contributed by atoms with E-state index < -0.39 is 18.5 Å². The number of aliphatic hydroxyl groups is 3. The third-order valence-corrected chi connectivity index (χ3v) is 1.34. The summed E-state index contributed by atoms with van der Waals surface area (Å²) in [4.78, 5) is 0. The first-order chi connectivity index (χ1) is 5.67. The van der Waals surface area contributed by atoms with Crippen LogP contribution in [0, 0.1) is 0 Å². The second kappa shape index (κ2) is 5.96. The van der Waals surface area contributed by atoms with Gasteiger partial charge in [-0.3, -0.25) is 0 Å². The Balaban J connectivity index is 0.000000354. The zero-order chi connectivity index (χ0) is 9.56. The van der Waals surface area contributed by atoms with Crippen LogP contribution in [0.3, 0.4) is 0 Å². The largest absolute Gasteiger partial charge is 0.516 e. The maximum absolute atomic E-state index is 8.96. The normalized spacial score (nSPS) is 33.8. The molecule has 0 spiro atoms. The number of methoxy groups -OCH3 is 1. The van der Waals surface area contributed by atoms with E-state index in [0.29, 0.717) is 0 Å². The monoisotopic (exact) mass is 178 g/mol. The van der Waals surface area contributed by atoms with Gasteiger partial charge in [0.2, 0.25) is 0 Å². The van der Waals surface area contributed by atoms with Gasteiger partial charge in [0.25, 0.3) is 0 Å². The van der Waals surface area contributed by atoms with Crippen LogP contribution in [0.5, 0.6) is 0 Å². The highest BCUT2D eigenvalue weighted by Gasteiger charge is 2.34. The molecule has 1 aliphatic rings. The summed E-state index contributed by atoms with van der Waals surface area (Å²) in [7, 11) is 1.42. The smallest absolute Gasteiger partial charge is 0.185 e. The summed E-state index contributed by atoms with van der Waals surface area (Å²) in [6.07, 6.45) is -1.59. The van der Waals surface area contributed by atoms with Crippen molar-refractivity contribution < 1.29 is 24.8 Å². The minimum Gasteiger partial charge on any atom is -0.516 e. The Labute approximate surface area is 70.8 Å². The topological polar surface area (TPSA) is 79.2 Å². The Morgan fingerprint density at radius 2 is 2.08 bits per heavy atom. The molecule has 0 saturated carbocycles. The molecule has 1 saturated heterocycles. The third-order valence-electron chi connectivity index (χ3n) is 1.34. The molecule has 0 radical (unpaired) electrons. The van der Waals surface area contributed by atoms with Crippen molar-refractivity contribution in [2.24, 2.45) is 0 Å². The van der Waals surface area contributed by atoms with Crippen molar-refractivity contribution in [1.82, 2.24) is 0 Å². The van der Waals surface area contributed by atoms with E-state index in [4.69, 9.17) is 20.1 Å². The summed E-state index contributed by atoms with van der Waals surface area (Å²) in [6, 6.07) is 0. The minimum absolute atomic E-state index is 0.152. The molecule has 3 atom stereocenters. The lowest BCUT2D eigenvalue weighted by atomic mass is 10.2. The molecule has 5 nitrogen and oxygen atoms in total. The van der Waals surface area contributed by atoms with Gasteiger partial charge in [0.1, 0.15) is 12.2 Å². The number of hydrogen-bond acceptors (Lipinski definition) is 5. The van der Waals surface area contributed by atoms with E-state index in [1.807, 2.05) is 0 Å². The van der Waals surface area contributed by atoms with E-state index in [-0.39, 0.29) is 6.61 Å². The molecule has 0 aromatic carbocycles. The second-order valence-corrected chi connectivity index (χ2v) is 2.18. The maximum Gasteiger partial charge on any atom is 0.185 e. The van der Waals surface area contributed by atoms with Crippen LogP contribution in [-0.4, -0.2) is 47.5 Å². The number of aliphatic hydroxyl groups excluding tert-OH is 3. The number of rotatable bonds is 1. The average Bonchev–Trinajstić information content (AvgIpc) is 2.35. The molecule has 0 amide bonds. The fourth-order valence-corrected chi connectivity index (χ4v) is 0.779. The molecular formula is C7H14O5. The molecule has 3 unspecified atom stereocenters. The number of hydrogen-bond donors (Lipinski definition) is 3. The molecule has 3 N–H and O–H groups in total. The van der Waals surface area contributed by atoms with Gasteiger partial charge in [-0.05, 0) is 0 Å². The summed E-state index contributed by atoms with van der Waals surface area (Å²) < 4.78 is 9.47. The Morgan fingerprint density at radius 3 is 2.25 bits per heavy atom. The van der Waals surface area contributed by atoms with Crippen molar-refractivity contribution >= 4 is 0 Å². The SMILES string of the molecule is C=CO.COC1OCC(O)C1O. The molecule has 0 aromatic rings. The minimum atomic E-state index is -0.894. The Hall–Kier alpha value is -0.620. The maximum atomic E-state index is 8.96. The summed E-state index contributed by atoms with van der Waals surface area (Å²) in [5.41, 5.74) is 0. The van der Waals surface area contributed by atoms with Gasteiger partial charge in [0, 0.05) is 7.11 Å². The summed E-state index contributed by atoms with van der Waals surface area (Å²) in [6.45, 7) is 3.07. The molecule has 0 aliphatic carbocycles. The summed E-state index contributed by atoms with van der Waals surface area (Å²) in [5, 5.41) is 25.1. The van der Waals surface area contributed by atoms with E-state index in [1.165, 1.54) is 7.11 Å². The lowest BCUT2D eigenvalue weighted by Gasteiger charge is -2.11. The first-order valence-electron chi connectivity index (χ1n) is 3.43. The van der Waals surface area contributed by atoms with E-state index in [2.05, 4.69) is 11.3 Å². The first kappa shape index (κ1) is 11.4. The molecular weight excluding hydrogens is 164 g/mol. The van der Waals surface area contributed by atoms with Crippen LogP contribution < -0.4 is 0 Å². The average molecular weight is 178 g/mol. The first-order valence-corrected chi connectivity index (χ1v) is 3.43. The lowest BCUT2D eigenvalue weighted by molar-refractivity contribution is -0.134. The fraction of sp³-hybridized carbons (Fsp3) is 0.714. The zero-order valence-corrected chi connectivity index (χ0v) is 6.88. The quantitative estimate of drug-likeness (QED) is 0.467. The molecule has 12 heavy (non-hydrogen) atoms. The van der Waals surface area contributed by atoms with Gasteiger partial charge in [0.15, 0.2) is 6.29 Å². The van der Waals surface area contributed by atoms with Gasteiger partial charge in [-0.2, -0.15) is 0 Å². The molecule has 1 fully saturated rings. The molecule has 1 heterocycles. The van der Waals surface area contributed by atoms with Crippen LogP contribution in [0.25, 0.3) is 0 Å². The Bertz CT molecular complexity index is 127.